The third-order valence-corrected chi connectivity index (χ3v) is 5.31. The fraction of sp³-hybridized carbons (Fsp3) is 0.538. The van der Waals surface area contributed by atoms with E-state index in [4.69, 9.17) is 5.11 Å². The van der Waals surface area contributed by atoms with Crippen LogP contribution in [-0.2, 0) is 4.79 Å². The number of carbonyl (C=O) groups is 2. The second-order valence-corrected chi connectivity index (χ2v) is 7.03. The van der Waals surface area contributed by atoms with E-state index in [0.717, 1.165) is 17.7 Å². The van der Waals surface area contributed by atoms with Crippen molar-refractivity contribution in [3.8, 4) is 0 Å². The van der Waals surface area contributed by atoms with Crippen LogP contribution in [0.5, 0.6) is 0 Å². The number of carbonyl (C=O) groups excluding carboxylic acids is 1. The third kappa shape index (κ3) is 3.98. The second kappa shape index (κ2) is 6.43. The number of amides is 1. The van der Waals surface area contributed by atoms with Crippen molar-refractivity contribution in [1.82, 2.24) is 5.32 Å². The van der Waals surface area contributed by atoms with Gasteiger partial charge in [0, 0.05) is 16.3 Å². The van der Waals surface area contributed by atoms with E-state index in [0.29, 0.717) is 10.9 Å². The molecule has 1 saturated carbocycles. The summed E-state index contributed by atoms with van der Waals surface area (Å²) >= 11 is 2.60. The number of aromatic carboxylic acids is 1. The van der Waals surface area contributed by atoms with Crippen molar-refractivity contribution in [2.24, 2.45) is 0 Å². The van der Waals surface area contributed by atoms with Crippen LogP contribution in [0.15, 0.2) is 16.3 Å². The van der Waals surface area contributed by atoms with Gasteiger partial charge in [0.1, 0.15) is 4.88 Å². The molecule has 4 nitrogen and oxygen atoms in total. The summed E-state index contributed by atoms with van der Waals surface area (Å²) in [5.74, 6) is -0.875. The number of nitrogens with one attached hydrogen (secondary N) is 1. The van der Waals surface area contributed by atoms with E-state index in [1.165, 1.54) is 35.9 Å². The van der Waals surface area contributed by atoms with Gasteiger partial charge in [0.05, 0.1) is 5.25 Å². The lowest BCUT2D eigenvalue weighted by atomic mass is 10.2. The van der Waals surface area contributed by atoms with Crippen LogP contribution in [0.3, 0.4) is 0 Å². The summed E-state index contributed by atoms with van der Waals surface area (Å²) in [5.41, 5.74) is 0. The van der Waals surface area contributed by atoms with Gasteiger partial charge < -0.3 is 10.4 Å². The Labute approximate surface area is 120 Å². The van der Waals surface area contributed by atoms with E-state index in [-0.39, 0.29) is 11.2 Å². The molecule has 1 aromatic heterocycles. The van der Waals surface area contributed by atoms with E-state index in [2.05, 4.69) is 5.32 Å². The molecular formula is C13H17NO3S2. The van der Waals surface area contributed by atoms with Crippen LogP contribution in [0.1, 0.15) is 42.3 Å². The topological polar surface area (TPSA) is 66.4 Å². The van der Waals surface area contributed by atoms with Gasteiger partial charge >= 0.3 is 5.97 Å². The largest absolute Gasteiger partial charge is 0.477 e. The van der Waals surface area contributed by atoms with Crippen molar-refractivity contribution in [1.29, 1.82) is 0 Å². The zero-order valence-electron chi connectivity index (χ0n) is 10.7. The van der Waals surface area contributed by atoms with Gasteiger partial charge in [-0.05, 0) is 25.8 Å². The molecule has 0 bridgehead atoms. The maximum atomic E-state index is 12.0. The minimum absolute atomic E-state index is 0.0416. The van der Waals surface area contributed by atoms with Gasteiger partial charge in [-0.15, -0.1) is 23.1 Å². The summed E-state index contributed by atoms with van der Waals surface area (Å²) < 4.78 is 0. The first-order chi connectivity index (χ1) is 9.06. The lowest BCUT2D eigenvalue weighted by Gasteiger charge is -2.15. The SMILES string of the molecule is CC(Sc1csc(C(=O)O)c1)C(=O)NC1CCCC1. The highest BCUT2D eigenvalue weighted by Gasteiger charge is 2.21. The third-order valence-electron chi connectivity index (χ3n) is 3.17. The molecular weight excluding hydrogens is 282 g/mol. The zero-order valence-corrected chi connectivity index (χ0v) is 12.4. The molecule has 6 heteroatoms. The Morgan fingerprint density at radius 3 is 2.74 bits per heavy atom. The lowest BCUT2D eigenvalue weighted by molar-refractivity contribution is -0.120. The van der Waals surface area contributed by atoms with Crippen LogP contribution in [0.25, 0.3) is 0 Å². The van der Waals surface area contributed by atoms with Gasteiger partial charge in [-0.2, -0.15) is 0 Å². The number of hydrogen-bond donors (Lipinski definition) is 2. The Morgan fingerprint density at radius 1 is 1.47 bits per heavy atom. The summed E-state index contributed by atoms with van der Waals surface area (Å²) in [6.07, 6.45) is 4.54. The molecule has 1 aliphatic carbocycles. The first-order valence-corrected chi connectivity index (χ1v) is 8.11. The van der Waals surface area contributed by atoms with Crippen molar-refractivity contribution in [3.05, 3.63) is 16.3 Å². The van der Waals surface area contributed by atoms with Crippen LogP contribution in [0.2, 0.25) is 0 Å². The molecule has 1 atom stereocenters. The van der Waals surface area contributed by atoms with Crippen LogP contribution >= 0.6 is 23.1 Å². The molecule has 1 amide bonds. The number of carboxylic acid groups (broad SMARTS) is 1. The minimum atomic E-state index is -0.917. The van der Waals surface area contributed by atoms with Gasteiger partial charge in [0.2, 0.25) is 5.91 Å². The Hall–Kier alpha value is -1.01. The Morgan fingerprint density at radius 2 is 2.16 bits per heavy atom. The van der Waals surface area contributed by atoms with Crippen LogP contribution in [0, 0.1) is 0 Å². The van der Waals surface area contributed by atoms with E-state index in [1.54, 1.807) is 11.4 Å². The Bertz CT molecular complexity index is 466. The standard InChI is InChI=1S/C13H17NO3S2/c1-8(12(15)14-9-4-2-3-5-9)19-10-6-11(13(16)17)18-7-10/h6-9H,2-5H2,1H3,(H,14,15)(H,16,17). The summed E-state index contributed by atoms with van der Waals surface area (Å²) in [7, 11) is 0. The van der Waals surface area contributed by atoms with E-state index < -0.39 is 5.97 Å². The Balaban J connectivity index is 1.86. The van der Waals surface area contributed by atoms with Gasteiger partial charge in [0.15, 0.2) is 0 Å². The fourth-order valence-corrected chi connectivity index (χ4v) is 3.96. The fourth-order valence-electron chi connectivity index (χ4n) is 2.14. The molecule has 0 radical (unpaired) electrons. The first kappa shape index (κ1) is 14.4. The molecule has 104 valence electrons. The monoisotopic (exact) mass is 299 g/mol. The summed E-state index contributed by atoms with van der Waals surface area (Å²) in [4.78, 5) is 23.9. The normalized spacial score (nSPS) is 17.3. The number of rotatable bonds is 5. The summed E-state index contributed by atoms with van der Waals surface area (Å²) in [6.45, 7) is 1.85. The number of hydrogen-bond acceptors (Lipinski definition) is 4. The van der Waals surface area contributed by atoms with E-state index in [9.17, 15) is 9.59 Å². The molecule has 1 aliphatic rings. The molecule has 1 fully saturated rings. The molecule has 19 heavy (non-hydrogen) atoms. The molecule has 2 N–H and O–H groups in total. The highest BCUT2D eigenvalue weighted by Crippen LogP contribution is 2.29. The van der Waals surface area contributed by atoms with Crippen molar-refractivity contribution in [2.45, 2.75) is 48.8 Å². The quantitative estimate of drug-likeness (QED) is 0.820. The van der Waals surface area contributed by atoms with Crippen LogP contribution < -0.4 is 5.32 Å². The zero-order chi connectivity index (χ0) is 13.8. The molecule has 1 heterocycles. The van der Waals surface area contributed by atoms with Gasteiger partial charge in [-0.1, -0.05) is 12.8 Å². The highest BCUT2D eigenvalue weighted by atomic mass is 32.2. The average Bonchev–Trinajstić information content (AvgIpc) is 2.99. The Kier molecular flexibility index (Phi) is 4.87. The molecule has 0 saturated heterocycles. The highest BCUT2D eigenvalue weighted by molar-refractivity contribution is 8.00. The lowest BCUT2D eigenvalue weighted by Crippen LogP contribution is -2.37. The predicted molar refractivity (Wildman–Crippen MR) is 77.0 cm³/mol. The maximum absolute atomic E-state index is 12.0. The molecule has 1 unspecified atom stereocenters. The van der Waals surface area contributed by atoms with Crippen molar-refractivity contribution >= 4 is 35.0 Å². The van der Waals surface area contributed by atoms with E-state index in [1.807, 2.05) is 6.92 Å². The smallest absolute Gasteiger partial charge is 0.345 e. The van der Waals surface area contributed by atoms with Gasteiger partial charge in [-0.25, -0.2) is 4.79 Å². The van der Waals surface area contributed by atoms with Crippen molar-refractivity contribution in [2.75, 3.05) is 0 Å². The summed E-state index contributed by atoms with van der Waals surface area (Å²) in [5, 5.41) is 13.5. The van der Waals surface area contributed by atoms with Crippen LogP contribution in [-0.4, -0.2) is 28.3 Å². The molecule has 2 rings (SSSR count). The summed E-state index contributed by atoms with van der Waals surface area (Å²) in [6, 6.07) is 1.95. The molecule has 0 aliphatic heterocycles. The maximum Gasteiger partial charge on any atom is 0.345 e. The molecule has 0 spiro atoms. The minimum Gasteiger partial charge on any atom is -0.477 e. The van der Waals surface area contributed by atoms with Gasteiger partial charge in [-0.3, -0.25) is 4.79 Å². The second-order valence-electron chi connectivity index (χ2n) is 4.70. The number of thioether (sulfide) groups is 1. The molecule has 0 aromatic carbocycles. The average molecular weight is 299 g/mol. The van der Waals surface area contributed by atoms with Crippen LogP contribution in [0.4, 0.5) is 0 Å². The number of thiophene rings is 1. The van der Waals surface area contributed by atoms with Gasteiger partial charge in [0.25, 0.3) is 0 Å². The van der Waals surface area contributed by atoms with E-state index >= 15 is 0 Å². The van der Waals surface area contributed by atoms with Crippen molar-refractivity contribution < 1.29 is 14.7 Å². The first-order valence-electron chi connectivity index (χ1n) is 6.35. The van der Waals surface area contributed by atoms with Crippen molar-refractivity contribution in [3.63, 3.8) is 0 Å². The number of carboxylic acids is 1. The molecule has 1 aromatic rings. The predicted octanol–water partition coefficient (Wildman–Crippen LogP) is 2.99.